The summed E-state index contributed by atoms with van der Waals surface area (Å²) in [7, 11) is -4.08. The van der Waals surface area contributed by atoms with Gasteiger partial charge in [-0.05, 0) is 43.7 Å². The first-order valence-electron chi connectivity index (χ1n) is 11.3. The number of rotatable bonds is 6. The third-order valence-corrected chi connectivity index (χ3v) is 8.61. The van der Waals surface area contributed by atoms with Gasteiger partial charge in [0.25, 0.3) is 10.0 Å². The zero-order valence-electron chi connectivity index (χ0n) is 19.2. The van der Waals surface area contributed by atoms with Gasteiger partial charge in [0.05, 0.1) is 11.3 Å². The lowest BCUT2D eigenvalue weighted by Crippen LogP contribution is -2.57. The number of aryl methyl sites for hydroxylation is 1. The van der Waals surface area contributed by atoms with Crippen LogP contribution in [0.25, 0.3) is 0 Å². The Morgan fingerprint density at radius 1 is 1.21 bits per heavy atom. The second kappa shape index (κ2) is 8.73. The Hall–Kier alpha value is -2.43. The van der Waals surface area contributed by atoms with Crippen LogP contribution >= 0.6 is 0 Å². The number of nitrogens with one attached hydrogen (secondary N) is 1. The van der Waals surface area contributed by atoms with Crippen molar-refractivity contribution >= 4 is 21.8 Å². The summed E-state index contributed by atoms with van der Waals surface area (Å²) in [6.07, 6.45) is 4.83. The van der Waals surface area contributed by atoms with Crippen LogP contribution in [0, 0.1) is 17.5 Å². The van der Waals surface area contributed by atoms with E-state index in [1.54, 1.807) is 12.1 Å². The van der Waals surface area contributed by atoms with Crippen LogP contribution in [-0.4, -0.2) is 65.7 Å². The van der Waals surface area contributed by atoms with Crippen molar-refractivity contribution in [2.45, 2.75) is 69.5 Å². The van der Waals surface area contributed by atoms with Gasteiger partial charge in [0.15, 0.2) is 0 Å². The Bertz CT molecular complexity index is 1050. The average molecular weight is 476 g/mol. The van der Waals surface area contributed by atoms with Gasteiger partial charge in [0.2, 0.25) is 11.8 Å². The number of hydrogen-bond acceptors (Lipinski definition) is 6. The highest BCUT2D eigenvalue weighted by atomic mass is 32.2. The van der Waals surface area contributed by atoms with Crippen LogP contribution in [0.2, 0.25) is 0 Å². The average Bonchev–Trinajstić information content (AvgIpc) is 3.59. The number of sulfonamides is 1. The monoisotopic (exact) mass is 475 g/mol. The molecule has 1 aliphatic carbocycles. The maximum atomic E-state index is 13.2. The van der Waals surface area contributed by atoms with Crippen LogP contribution in [0.15, 0.2) is 41.6 Å². The van der Waals surface area contributed by atoms with Gasteiger partial charge in [0, 0.05) is 37.6 Å². The van der Waals surface area contributed by atoms with Crippen molar-refractivity contribution in [1.82, 2.24) is 19.6 Å². The normalized spacial score (nSPS) is 25.6. The van der Waals surface area contributed by atoms with Crippen molar-refractivity contribution in [2.24, 2.45) is 5.41 Å². The van der Waals surface area contributed by atoms with Crippen LogP contribution < -0.4 is 5.32 Å². The number of piperidine rings is 1. The third-order valence-electron chi connectivity index (χ3n) is 6.82. The van der Waals surface area contributed by atoms with E-state index in [0.717, 1.165) is 23.0 Å². The van der Waals surface area contributed by atoms with Crippen molar-refractivity contribution in [3.63, 3.8) is 0 Å². The van der Waals surface area contributed by atoms with Crippen LogP contribution in [0.3, 0.4) is 0 Å². The Kier molecular flexibility index (Phi) is 6.28. The summed E-state index contributed by atoms with van der Waals surface area (Å²) < 4.78 is 27.3. The molecule has 4 rings (SSSR count). The molecule has 33 heavy (non-hydrogen) atoms. The van der Waals surface area contributed by atoms with Gasteiger partial charge >= 0.3 is 0 Å². The fraction of sp³-hybridized carbons (Fsp3) is 0.565. The highest BCUT2D eigenvalue weighted by Gasteiger charge is 2.43. The molecular formula is C23H31N4O5S-. The maximum absolute atomic E-state index is 13.2. The predicted molar refractivity (Wildman–Crippen MR) is 123 cm³/mol. The summed E-state index contributed by atoms with van der Waals surface area (Å²) in [6, 6.07) is 4.97. The van der Waals surface area contributed by atoms with E-state index in [0.29, 0.717) is 17.5 Å². The minimum atomic E-state index is -4.08. The molecule has 0 bridgehead atoms. The van der Waals surface area contributed by atoms with Crippen LogP contribution in [-0.2, 0) is 19.6 Å². The number of benzene rings is 1. The van der Waals surface area contributed by atoms with Gasteiger partial charge in [0.1, 0.15) is 6.04 Å². The van der Waals surface area contributed by atoms with Crippen molar-refractivity contribution in [2.75, 3.05) is 13.1 Å². The topological polar surface area (TPSA) is 113 Å². The molecule has 1 N–H and O–H groups in total. The van der Waals surface area contributed by atoms with E-state index in [1.165, 1.54) is 37.4 Å². The molecule has 2 aliphatic heterocycles. The van der Waals surface area contributed by atoms with Crippen LogP contribution in [0.5, 0.6) is 0 Å². The molecule has 2 amide bonds. The maximum Gasteiger partial charge on any atom is 0.264 e. The Morgan fingerprint density at radius 3 is 2.48 bits per heavy atom. The highest BCUT2D eigenvalue weighted by Crippen LogP contribution is 2.38. The molecular weight excluding hydrogens is 444 g/mol. The van der Waals surface area contributed by atoms with Gasteiger partial charge in [-0.25, -0.2) is 8.42 Å². The van der Waals surface area contributed by atoms with E-state index < -0.39 is 45.8 Å². The lowest BCUT2D eigenvalue weighted by atomic mass is 9.78. The fourth-order valence-electron chi connectivity index (χ4n) is 4.77. The van der Waals surface area contributed by atoms with E-state index in [1.807, 2.05) is 20.8 Å². The number of nitrogens with zero attached hydrogens (tertiary/aromatic N) is 3. The van der Waals surface area contributed by atoms with Crippen molar-refractivity contribution in [3.8, 4) is 0 Å². The molecule has 0 spiro atoms. The first-order valence-corrected chi connectivity index (χ1v) is 12.8. The van der Waals surface area contributed by atoms with E-state index >= 15 is 0 Å². The van der Waals surface area contributed by atoms with Gasteiger partial charge in [-0.15, -0.1) is 0 Å². The molecule has 2 fully saturated rings. The zero-order valence-corrected chi connectivity index (χ0v) is 20.0. The van der Waals surface area contributed by atoms with Gasteiger partial charge < -0.3 is 15.6 Å². The lowest BCUT2D eigenvalue weighted by Gasteiger charge is -2.52. The quantitative estimate of drug-likeness (QED) is 0.629. The summed E-state index contributed by atoms with van der Waals surface area (Å²) in [4.78, 5) is 28.0. The first kappa shape index (κ1) is 23.7. The lowest BCUT2D eigenvalue weighted by molar-refractivity contribution is -0.138. The molecule has 2 heterocycles. The van der Waals surface area contributed by atoms with E-state index in [-0.39, 0.29) is 4.90 Å². The smallest absolute Gasteiger partial charge is 0.264 e. The van der Waals surface area contributed by atoms with Crippen molar-refractivity contribution in [1.29, 1.82) is 0 Å². The standard InChI is InChI=1S/C23H31N4O5S/c1-16-4-8-18(9-5-16)33(31,32)26-13-11-24-22(29)19(26)14-21(28)27(30)20-10-12-25(17-6-7-17)15-23(20,2)3/h4-5,8-9,11,13,17,19-20H,6-7,10,12,14-15H2,1-3H3,(H,24,29)/q-1/t19-,20+/m1/s1. The number of carbonyl (C=O) groups is 2. The second-order valence-electron chi connectivity index (χ2n) is 9.91. The van der Waals surface area contributed by atoms with Crippen molar-refractivity contribution < 1.29 is 18.0 Å². The SMILES string of the molecule is Cc1ccc(S(=O)(=O)N2C=CNC(=O)[C@H]2CC(=O)N([O-])[C@H]2CCN(C3CC3)CC2(C)C)cc1. The summed E-state index contributed by atoms with van der Waals surface area (Å²) in [5.41, 5.74) is 0.491. The van der Waals surface area contributed by atoms with Crippen LogP contribution in [0.1, 0.15) is 45.1 Å². The molecule has 1 aromatic carbocycles. The van der Waals surface area contributed by atoms with E-state index in [4.69, 9.17) is 0 Å². The van der Waals surface area contributed by atoms with Crippen LogP contribution in [0.4, 0.5) is 0 Å². The molecule has 3 aliphatic rings. The molecule has 10 heteroatoms. The summed E-state index contributed by atoms with van der Waals surface area (Å²) >= 11 is 0. The predicted octanol–water partition coefficient (Wildman–Crippen LogP) is 1.93. The molecule has 1 aromatic rings. The molecule has 1 saturated carbocycles. The number of amides is 2. The molecule has 1 saturated heterocycles. The van der Waals surface area contributed by atoms with E-state index in [9.17, 15) is 23.2 Å². The Labute approximate surface area is 195 Å². The fourth-order valence-corrected chi connectivity index (χ4v) is 6.22. The van der Waals surface area contributed by atoms with Gasteiger partial charge in [-0.1, -0.05) is 31.5 Å². The number of carbonyl (C=O) groups excluding carboxylic acids is 2. The molecule has 0 radical (unpaired) electrons. The molecule has 0 aromatic heterocycles. The van der Waals surface area contributed by atoms with Gasteiger partial charge in [-0.2, -0.15) is 0 Å². The molecule has 180 valence electrons. The molecule has 2 atom stereocenters. The molecule has 9 nitrogen and oxygen atoms in total. The minimum Gasteiger partial charge on any atom is -0.756 e. The summed E-state index contributed by atoms with van der Waals surface area (Å²) in [5.74, 6) is -1.43. The molecule has 0 unspecified atom stereocenters. The number of hydrogen-bond donors (Lipinski definition) is 1. The summed E-state index contributed by atoms with van der Waals surface area (Å²) in [5, 5.41) is 16.0. The number of hydroxylamine groups is 2. The Balaban J connectivity index is 1.51. The van der Waals surface area contributed by atoms with Crippen molar-refractivity contribution in [3.05, 3.63) is 47.4 Å². The van der Waals surface area contributed by atoms with Gasteiger partial charge in [-0.3, -0.25) is 18.8 Å². The minimum absolute atomic E-state index is 0.0115. The number of likely N-dealkylation sites (tertiary alicyclic amines) is 1. The largest absolute Gasteiger partial charge is 0.756 e. The van der Waals surface area contributed by atoms with E-state index in [2.05, 4.69) is 10.2 Å². The third kappa shape index (κ3) is 4.78. The summed E-state index contributed by atoms with van der Waals surface area (Å²) in [6.45, 7) is 7.29. The second-order valence-corrected chi connectivity index (χ2v) is 11.7. The Morgan fingerprint density at radius 2 is 1.88 bits per heavy atom. The first-order chi connectivity index (χ1) is 15.5. The zero-order chi connectivity index (χ0) is 24.0. The highest BCUT2D eigenvalue weighted by molar-refractivity contribution is 7.89.